The van der Waals surface area contributed by atoms with Gasteiger partial charge in [-0.05, 0) is 42.0 Å². The predicted molar refractivity (Wildman–Crippen MR) is 91.3 cm³/mol. The number of hydrogen-bond acceptors (Lipinski definition) is 3. The fourth-order valence-electron chi connectivity index (χ4n) is 2.14. The van der Waals surface area contributed by atoms with E-state index in [1.807, 2.05) is 0 Å². The average molecular weight is 323 g/mol. The molecule has 2 aromatic carbocycles. The van der Waals surface area contributed by atoms with E-state index in [1.165, 1.54) is 17.0 Å². The summed E-state index contributed by atoms with van der Waals surface area (Å²) in [4.78, 5) is 24.9. The first-order valence-corrected chi connectivity index (χ1v) is 7.26. The standard InChI is InChI=1S/C19H17NO4/c1-3-11-24-17-9-7-16(8-10-17)20(2)18(21)13-14-5-4-6-15(12-14)19(22)23/h1,4-10,12H,11,13H2,2H3,(H,22,23). The van der Waals surface area contributed by atoms with Crippen molar-refractivity contribution >= 4 is 17.6 Å². The van der Waals surface area contributed by atoms with E-state index >= 15 is 0 Å². The molecule has 0 aromatic heterocycles. The topological polar surface area (TPSA) is 66.8 Å². The van der Waals surface area contributed by atoms with Gasteiger partial charge in [-0.3, -0.25) is 4.79 Å². The van der Waals surface area contributed by atoms with Crippen molar-refractivity contribution in [3.05, 3.63) is 59.7 Å². The summed E-state index contributed by atoms with van der Waals surface area (Å²) in [5.41, 5.74) is 1.53. The van der Waals surface area contributed by atoms with E-state index in [0.29, 0.717) is 17.0 Å². The van der Waals surface area contributed by atoms with Crippen LogP contribution in [0.3, 0.4) is 0 Å². The molecule has 24 heavy (non-hydrogen) atoms. The maximum Gasteiger partial charge on any atom is 0.335 e. The molecule has 0 heterocycles. The van der Waals surface area contributed by atoms with E-state index in [0.717, 1.165) is 0 Å². The van der Waals surface area contributed by atoms with Crippen LogP contribution in [0, 0.1) is 12.3 Å². The third-order valence-corrected chi connectivity index (χ3v) is 3.45. The Hall–Kier alpha value is -3.26. The first-order valence-electron chi connectivity index (χ1n) is 7.26. The highest BCUT2D eigenvalue weighted by Crippen LogP contribution is 2.19. The van der Waals surface area contributed by atoms with Gasteiger partial charge in [-0.25, -0.2) is 4.79 Å². The molecule has 0 aliphatic carbocycles. The number of hydrogen-bond donors (Lipinski definition) is 1. The summed E-state index contributed by atoms with van der Waals surface area (Å²) in [7, 11) is 1.67. The second-order valence-electron chi connectivity index (χ2n) is 5.12. The van der Waals surface area contributed by atoms with Crippen LogP contribution < -0.4 is 9.64 Å². The minimum absolute atomic E-state index is 0.118. The van der Waals surface area contributed by atoms with E-state index in [2.05, 4.69) is 5.92 Å². The van der Waals surface area contributed by atoms with Gasteiger partial charge in [-0.15, -0.1) is 6.42 Å². The molecule has 0 aliphatic rings. The van der Waals surface area contributed by atoms with Crippen molar-refractivity contribution in [1.82, 2.24) is 0 Å². The summed E-state index contributed by atoms with van der Waals surface area (Å²) in [6.07, 6.45) is 5.25. The Morgan fingerprint density at radius 1 is 1.21 bits per heavy atom. The predicted octanol–water partition coefficient (Wildman–Crippen LogP) is 2.60. The molecule has 5 heteroatoms. The van der Waals surface area contributed by atoms with Gasteiger partial charge in [0.25, 0.3) is 0 Å². The largest absolute Gasteiger partial charge is 0.481 e. The van der Waals surface area contributed by atoms with E-state index in [1.54, 1.807) is 43.4 Å². The van der Waals surface area contributed by atoms with Crippen LogP contribution in [0.2, 0.25) is 0 Å². The highest BCUT2D eigenvalue weighted by molar-refractivity contribution is 5.95. The zero-order chi connectivity index (χ0) is 17.5. The molecule has 0 atom stereocenters. The highest BCUT2D eigenvalue weighted by atomic mass is 16.5. The Morgan fingerprint density at radius 3 is 2.54 bits per heavy atom. The molecule has 1 N–H and O–H groups in total. The summed E-state index contributed by atoms with van der Waals surface area (Å²) >= 11 is 0. The first kappa shape index (κ1) is 17.1. The number of terminal acetylenes is 1. The molecule has 0 radical (unpaired) electrons. The number of rotatable bonds is 6. The van der Waals surface area contributed by atoms with Gasteiger partial charge in [-0.1, -0.05) is 18.1 Å². The molecule has 0 unspecified atom stereocenters. The molecule has 2 rings (SSSR count). The molecule has 5 nitrogen and oxygen atoms in total. The minimum Gasteiger partial charge on any atom is -0.481 e. The molecular formula is C19H17NO4. The fourth-order valence-corrected chi connectivity index (χ4v) is 2.14. The number of benzene rings is 2. The summed E-state index contributed by atoms with van der Waals surface area (Å²) in [5.74, 6) is 1.86. The number of likely N-dealkylation sites (N-methyl/N-ethyl adjacent to an activating group) is 1. The number of anilines is 1. The number of carbonyl (C=O) groups excluding carboxylic acids is 1. The molecule has 0 aliphatic heterocycles. The van der Waals surface area contributed by atoms with Crippen molar-refractivity contribution in [2.45, 2.75) is 6.42 Å². The molecular weight excluding hydrogens is 306 g/mol. The van der Waals surface area contributed by atoms with Gasteiger partial charge in [0.05, 0.1) is 12.0 Å². The Bertz CT molecular complexity index is 775. The smallest absolute Gasteiger partial charge is 0.335 e. The number of carbonyl (C=O) groups is 2. The van der Waals surface area contributed by atoms with Gasteiger partial charge >= 0.3 is 5.97 Å². The van der Waals surface area contributed by atoms with Gasteiger partial charge in [-0.2, -0.15) is 0 Å². The van der Waals surface area contributed by atoms with Gasteiger partial charge < -0.3 is 14.7 Å². The van der Waals surface area contributed by atoms with E-state index < -0.39 is 5.97 Å². The second-order valence-corrected chi connectivity index (χ2v) is 5.12. The lowest BCUT2D eigenvalue weighted by Gasteiger charge is -2.18. The number of nitrogens with zero attached hydrogens (tertiary/aromatic N) is 1. The van der Waals surface area contributed by atoms with Crippen molar-refractivity contribution in [2.24, 2.45) is 0 Å². The van der Waals surface area contributed by atoms with Crippen molar-refractivity contribution in [1.29, 1.82) is 0 Å². The lowest BCUT2D eigenvalue weighted by Crippen LogP contribution is -2.27. The lowest BCUT2D eigenvalue weighted by atomic mass is 10.1. The molecule has 2 aromatic rings. The summed E-state index contributed by atoms with van der Waals surface area (Å²) in [6, 6.07) is 13.4. The number of carboxylic acid groups (broad SMARTS) is 1. The first-order chi connectivity index (χ1) is 11.5. The molecule has 0 saturated heterocycles. The third kappa shape index (κ3) is 4.37. The zero-order valence-electron chi connectivity index (χ0n) is 13.2. The van der Waals surface area contributed by atoms with Crippen LogP contribution in [0.15, 0.2) is 48.5 Å². The SMILES string of the molecule is C#CCOc1ccc(N(C)C(=O)Cc2cccc(C(=O)O)c2)cc1. The Balaban J connectivity index is 2.05. The minimum atomic E-state index is -1.01. The maximum atomic E-state index is 12.4. The van der Waals surface area contributed by atoms with E-state index in [4.69, 9.17) is 16.3 Å². The molecule has 0 spiro atoms. The summed E-state index contributed by atoms with van der Waals surface area (Å²) in [6.45, 7) is 0.189. The van der Waals surface area contributed by atoms with Crippen LogP contribution in [0.5, 0.6) is 5.75 Å². The molecule has 0 bridgehead atoms. The van der Waals surface area contributed by atoms with Crippen molar-refractivity contribution in [2.75, 3.05) is 18.6 Å². The van der Waals surface area contributed by atoms with Gasteiger partial charge in [0.1, 0.15) is 12.4 Å². The third-order valence-electron chi connectivity index (χ3n) is 3.45. The number of carboxylic acids is 1. The number of amides is 1. The maximum absolute atomic E-state index is 12.4. The Labute approximate surface area is 140 Å². The van der Waals surface area contributed by atoms with E-state index in [9.17, 15) is 9.59 Å². The Kier molecular flexibility index (Phi) is 5.58. The van der Waals surface area contributed by atoms with Crippen molar-refractivity contribution < 1.29 is 19.4 Å². The van der Waals surface area contributed by atoms with Crippen molar-refractivity contribution in [3.8, 4) is 18.1 Å². The second kappa shape index (κ2) is 7.84. The molecule has 1 amide bonds. The van der Waals surface area contributed by atoms with Gasteiger partial charge in [0.2, 0.25) is 5.91 Å². The van der Waals surface area contributed by atoms with Crippen LogP contribution >= 0.6 is 0 Å². The van der Waals surface area contributed by atoms with Crippen LogP contribution in [0.1, 0.15) is 15.9 Å². The van der Waals surface area contributed by atoms with E-state index in [-0.39, 0.29) is 24.5 Å². The quantitative estimate of drug-likeness (QED) is 0.830. The van der Waals surface area contributed by atoms with Crippen LogP contribution in [0.4, 0.5) is 5.69 Å². The highest BCUT2D eigenvalue weighted by Gasteiger charge is 2.13. The van der Waals surface area contributed by atoms with Gasteiger partial charge in [0, 0.05) is 12.7 Å². The zero-order valence-corrected chi connectivity index (χ0v) is 13.2. The molecule has 0 fully saturated rings. The van der Waals surface area contributed by atoms with Crippen LogP contribution in [-0.2, 0) is 11.2 Å². The summed E-state index contributed by atoms with van der Waals surface area (Å²) in [5, 5.41) is 9.00. The molecule has 0 saturated carbocycles. The number of ether oxygens (including phenoxy) is 1. The number of aromatic carboxylic acids is 1. The average Bonchev–Trinajstić information content (AvgIpc) is 2.60. The summed E-state index contributed by atoms with van der Waals surface area (Å²) < 4.78 is 5.29. The van der Waals surface area contributed by atoms with Gasteiger partial charge in [0.15, 0.2) is 0 Å². The van der Waals surface area contributed by atoms with Crippen LogP contribution in [0.25, 0.3) is 0 Å². The van der Waals surface area contributed by atoms with Crippen molar-refractivity contribution in [3.63, 3.8) is 0 Å². The Morgan fingerprint density at radius 2 is 1.92 bits per heavy atom. The molecule has 122 valence electrons. The lowest BCUT2D eigenvalue weighted by molar-refractivity contribution is -0.117. The normalized spacial score (nSPS) is 9.83. The van der Waals surface area contributed by atoms with Crippen LogP contribution in [-0.4, -0.2) is 30.6 Å². The monoisotopic (exact) mass is 323 g/mol. The fraction of sp³-hybridized carbons (Fsp3) is 0.158.